The Bertz CT molecular complexity index is 924. The Balaban J connectivity index is 1.81. The lowest BCUT2D eigenvalue weighted by Crippen LogP contribution is -2.46. The van der Waals surface area contributed by atoms with Gasteiger partial charge in [0.15, 0.2) is 5.16 Å². The van der Waals surface area contributed by atoms with Crippen molar-refractivity contribution < 1.29 is 4.79 Å². The Hall–Kier alpha value is -2.08. The van der Waals surface area contributed by atoms with E-state index in [2.05, 4.69) is 30.7 Å². The Morgan fingerprint density at radius 2 is 2.14 bits per heavy atom. The second-order valence-corrected chi connectivity index (χ2v) is 9.07. The van der Waals surface area contributed by atoms with E-state index < -0.39 is 0 Å². The Morgan fingerprint density at radius 1 is 1.39 bits per heavy atom. The summed E-state index contributed by atoms with van der Waals surface area (Å²) in [4.78, 5) is 30.3. The third-order valence-corrected chi connectivity index (χ3v) is 6.91. The number of carbonyl (C=O) groups is 1. The number of nitrogens with zero attached hydrogens (tertiary/aromatic N) is 2. The van der Waals surface area contributed by atoms with Gasteiger partial charge in [0.05, 0.1) is 16.2 Å². The number of aromatic nitrogens is 2. The first-order valence-corrected chi connectivity index (χ1v) is 10.9. The van der Waals surface area contributed by atoms with Crippen LogP contribution in [0.1, 0.15) is 40.0 Å². The molecule has 150 valence electrons. The van der Waals surface area contributed by atoms with Crippen molar-refractivity contribution in [1.29, 1.82) is 0 Å². The molecule has 1 aromatic heterocycles. The number of amides is 1. The van der Waals surface area contributed by atoms with Crippen molar-refractivity contribution in [3.63, 3.8) is 0 Å². The molecule has 0 aliphatic heterocycles. The second kappa shape index (κ2) is 8.95. The van der Waals surface area contributed by atoms with Crippen LogP contribution in [-0.2, 0) is 11.3 Å². The standard InChI is InChI=1S/C22H29N3O2S/c1-5-13-25-21(27)17-10-6-7-11-19(17)24-22(25)28-16(4)20(26)23-18-12-8-9-14(2)15(18)3/h5-7,10-11,14-16,18H,1,8-9,12-13H2,2-4H3,(H,23,26)/t14-,15+,16+,18-/m0/s1. The summed E-state index contributed by atoms with van der Waals surface area (Å²) < 4.78 is 1.59. The van der Waals surface area contributed by atoms with Crippen molar-refractivity contribution in [2.24, 2.45) is 11.8 Å². The molecule has 5 nitrogen and oxygen atoms in total. The van der Waals surface area contributed by atoms with Gasteiger partial charge in [-0.3, -0.25) is 14.2 Å². The summed E-state index contributed by atoms with van der Waals surface area (Å²) in [5, 5.41) is 4.02. The lowest BCUT2D eigenvalue weighted by molar-refractivity contribution is -0.121. The van der Waals surface area contributed by atoms with Gasteiger partial charge in [-0.2, -0.15) is 0 Å². The molecule has 1 aliphatic carbocycles. The summed E-state index contributed by atoms with van der Waals surface area (Å²) in [6.07, 6.45) is 5.09. The number of fused-ring (bicyclic) bond motifs is 1. The van der Waals surface area contributed by atoms with Gasteiger partial charge in [0.2, 0.25) is 5.91 Å². The van der Waals surface area contributed by atoms with Crippen LogP contribution in [0.4, 0.5) is 0 Å². The predicted octanol–water partition coefficient (Wildman–Crippen LogP) is 4.00. The van der Waals surface area contributed by atoms with Gasteiger partial charge >= 0.3 is 0 Å². The minimum atomic E-state index is -0.339. The maximum absolute atomic E-state index is 12.8. The van der Waals surface area contributed by atoms with Gasteiger partial charge in [0.25, 0.3) is 5.56 Å². The van der Waals surface area contributed by atoms with Gasteiger partial charge in [0.1, 0.15) is 0 Å². The zero-order valence-electron chi connectivity index (χ0n) is 16.9. The molecule has 0 bridgehead atoms. The van der Waals surface area contributed by atoms with Gasteiger partial charge < -0.3 is 5.32 Å². The van der Waals surface area contributed by atoms with E-state index in [0.29, 0.717) is 34.4 Å². The maximum atomic E-state index is 12.8. The van der Waals surface area contributed by atoms with Crippen molar-refractivity contribution in [2.75, 3.05) is 0 Å². The Kier molecular flexibility index (Phi) is 6.60. The lowest BCUT2D eigenvalue weighted by atomic mass is 9.78. The molecule has 0 spiro atoms. The Labute approximate surface area is 170 Å². The SMILES string of the molecule is C=CCn1c(S[C@H](C)C(=O)N[C@H]2CCC[C@H](C)[C@H]2C)nc2ccccc2c1=O. The first-order valence-electron chi connectivity index (χ1n) is 10.00. The number of hydrogen-bond donors (Lipinski definition) is 1. The van der Waals surface area contributed by atoms with Crippen molar-refractivity contribution in [1.82, 2.24) is 14.9 Å². The molecule has 1 heterocycles. The van der Waals surface area contributed by atoms with Crippen molar-refractivity contribution in [2.45, 2.75) is 63.0 Å². The highest BCUT2D eigenvalue weighted by molar-refractivity contribution is 8.00. The molecule has 28 heavy (non-hydrogen) atoms. The average Bonchev–Trinajstić information content (AvgIpc) is 2.68. The minimum Gasteiger partial charge on any atom is -0.352 e. The van der Waals surface area contributed by atoms with Gasteiger partial charge in [-0.05, 0) is 37.3 Å². The summed E-state index contributed by atoms with van der Waals surface area (Å²) in [6.45, 7) is 10.5. The quantitative estimate of drug-likeness (QED) is 0.453. The van der Waals surface area contributed by atoms with Crippen LogP contribution in [0.2, 0.25) is 0 Å². The molecular formula is C22H29N3O2S. The first-order chi connectivity index (χ1) is 13.4. The molecule has 1 N–H and O–H groups in total. The van der Waals surface area contributed by atoms with E-state index in [1.54, 1.807) is 16.7 Å². The molecule has 2 aromatic rings. The molecule has 4 atom stereocenters. The molecule has 1 saturated carbocycles. The number of hydrogen-bond acceptors (Lipinski definition) is 4. The third-order valence-electron chi connectivity index (χ3n) is 5.82. The fourth-order valence-electron chi connectivity index (χ4n) is 3.83. The van der Waals surface area contributed by atoms with Crippen molar-refractivity contribution >= 4 is 28.6 Å². The molecule has 0 saturated heterocycles. The molecule has 3 rings (SSSR count). The smallest absolute Gasteiger partial charge is 0.262 e. The molecule has 1 fully saturated rings. The summed E-state index contributed by atoms with van der Waals surface area (Å²) in [6, 6.07) is 7.52. The number of nitrogens with one attached hydrogen (secondary N) is 1. The molecule has 1 aromatic carbocycles. The largest absolute Gasteiger partial charge is 0.352 e. The highest BCUT2D eigenvalue weighted by atomic mass is 32.2. The van der Waals surface area contributed by atoms with E-state index in [1.165, 1.54) is 18.2 Å². The van der Waals surface area contributed by atoms with E-state index in [9.17, 15) is 9.59 Å². The maximum Gasteiger partial charge on any atom is 0.262 e. The average molecular weight is 400 g/mol. The topological polar surface area (TPSA) is 64.0 Å². The van der Waals surface area contributed by atoms with Gasteiger partial charge in [-0.25, -0.2) is 4.98 Å². The van der Waals surface area contributed by atoms with Crippen LogP contribution in [0.25, 0.3) is 10.9 Å². The molecule has 0 unspecified atom stereocenters. The first kappa shape index (κ1) is 20.6. The second-order valence-electron chi connectivity index (χ2n) is 7.76. The predicted molar refractivity (Wildman–Crippen MR) is 116 cm³/mol. The van der Waals surface area contributed by atoms with Crippen LogP contribution in [0.5, 0.6) is 0 Å². The highest BCUT2D eigenvalue weighted by Gasteiger charge is 2.29. The van der Waals surface area contributed by atoms with E-state index in [4.69, 9.17) is 0 Å². The number of carbonyl (C=O) groups excluding carboxylic acids is 1. The van der Waals surface area contributed by atoms with Crippen LogP contribution in [0.15, 0.2) is 46.9 Å². The third kappa shape index (κ3) is 4.32. The lowest BCUT2D eigenvalue weighted by Gasteiger charge is -2.35. The van der Waals surface area contributed by atoms with Crippen molar-refractivity contribution in [3.05, 3.63) is 47.3 Å². The van der Waals surface area contributed by atoms with Gasteiger partial charge in [0, 0.05) is 12.6 Å². The fourth-order valence-corrected chi connectivity index (χ4v) is 4.75. The van der Waals surface area contributed by atoms with Gasteiger partial charge in [-0.15, -0.1) is 6.58 Å². The van der Waals surface area contributed by atoms with Crippen LogP contribution in [-0.4, -0.2) is 26.8 Å². The fraction of sp³-hybridized carbons (Fsp3) is 0.500. The number of benzene rings is 1. The molecule has 0 radical (unpaired) electrons. The molecule has 6 heteroatoms. The normalized spacial score (nSPS) is 23.3. The van der Waals surface area contributed by atoms with Crippen LogP contribution in [0.3, 0.4) is 0 Å². The highest BCUT2D eigenvalue weighted by Crippen LogP contribution is 2.30. The summed E-state index contributed by atoms with van der Waals surface area (Å²) in [5.74, 6) is 1.11. The molecule has 1 aliphatic rings. The molecular weight excluding hydrogens is 370 g/mol. The number of para-hydroxylation sites is 1. The van der Waals surface area contributed by atoms with Crippen molar-refractivity contribution in [3.8, 4) is 0 Å². The summed E-state index contributed by atoms with van der Waals surface area (Å²) >= 11 is 1.33. The van der Waals surface area contributed by atoms with Crippen LogP contribution in [0, 0.1) is 11.8 Å². The van der Waals surface area contributed by atoms with E-state index >= 15 is 0 Å². The monoisotopic (exact) mass is 399 g/mol. The zero-order chi connectivity index (χ0) is 20.3. The summed E-state index contributed by atoms with van der Waals surface area (Å²) in [5.41, 5.74) is 0.549. The van der Waals surface area contributed by atoms with Crippen LogP contribution >= 0.6 is 11.8 Å². The summed E-state index contributed by atoms with van der Waals surface area (Å²) in [7, 11) is 0. The Morgan fingerprint density at radius 3 is 2.89 bits per heavy atom. The van der Waals surface area contributed by atoms with E-state index in [0.717, 1.165) is 12.8 Å². The van der Waals surface area contributed by atoms with Gasteiger partial charge in [-0.1, -0.05) is 56.7 Å². The van der Waals surface area contributed by atoms with E-state index in [1.807, 2.05) is 25.1 Å². The number of thioether (sulfide) groups is 1. The van der Waals surface area contributed by atoms with Crippen LogP contribution < -0.4 is 10.9 Å². The molecule has 1 amide bonds. The zero-order valence-corrected chi connectivity index (χ0v) is 17.7. The number of allylic oxidation sites excluding steroid dienone is 1. The number of rotatable bonds is 6. The minimum absolute atomic E-state index is 0.00325. The van der Waals surface area contributed by atoms with E-state index in [-0.39, 0.29) is 22.8 Å².